The van der Waals surface area contributed by atoms with Crippen LogP contribution in [-0.2, 0) is 4.84 Å². The van der Waals surface area contributed by atoms with E-state index in [0.717, 1.165) is 25.0 Å². The normalized spacial score (nSPS) is 26.6. The topological polar surface area (TPSA) is 68.0 Å². The molecule has 0 spiro atoms. The monoisotopic (exact) mass is 298 g/mol. The van der Waals surface area contributed by atoms with Crippen LogP contribution in [0.5, 0.6) is 0 Å². The number of oxime groups is 1. The lowest BCUT2D eigenvalue weighted by Crippen LogP contribution is -2.39. The average Bonchev–Trinajstić information content (AvgIpc) is 3.18. The third-order valence-corrected chi connectivity index (χ3v) is 4.90. The third-order valence-electron chi connectivity index (χ3n) is 4.90. The van der Waals surface area contributed by atoms with Crippen molar-refractivity contribution in [3.63, 3.8) is 0 Å². The van der Waals surface area contributed by atoms with E-state index in [0.29, 0.717) is 17.8 Å². The molecule has 6 nitrogen and oxygen atoms in total. The van der Waals surface area contributed by atoms with Crippen LogP contribution in [0, 0.1) is 5.41 Å². The Morgan fingerprint density at radius 1 is 1.55 bits per heavy atom. The molecule has 22 heavy (non-hydrogen) atoms. The fraction of sp³-hybridized carbons (Fsp3) is 0.438. The highest BCUT2D eigenvalue weighted by Crippen LogP contribution is 2.44. The Morgan fingerprint density at radius 3 is 3.36 bits per heavy atom. The Bertz CT molecular complexity index is 766. The minimum absolute atomic E-state index is 0.0212. The Balaban J connectivity index is 1.50. The van der Waals surface area contributed by atoms with Gasteiger partial charge in [0.2, 0.25) is 0 Å². The summed E-state index contributed by atoms with van der Waals surface area (Å²) in [6, 6.07) is 3.62. The molecule has 1 saturated carbocycles. The number of aromatic nitrogens is 2. The van der Waals surface area contributed by atoms with Crippen LogP contribution in [-0.4, -0.2) is 33.7 Å². The second kappa shape index (κ2) is 4.83. The first kappa shape index (κ1) is 13.3. The maximum atomic E-state index is 12.4. The number of carbonyl (C=O) groups excluding carboxylic acids is 1. The number of pyridine rings is 1. The van der Waals surface area contributed by atoms with Gasteiger partial charge >= 0.3 is 0 Å². The lowest BCUT2D eigenvalue weighted by Gasteiger charge is -2.23. The summed E-state index contributed by atoms with van der Waals surface area (Å²) in [7, 11) is 0. The van der Waals surface area contributed by atoms with Gasteiger partial charge in [0.15, 0.2) is 0 Å². The molecule has 2 unspecified atom stereocenters. The standard InChI is InChI=1S/C16H18N4O2/c1-16-6-2-5-13(16)22-19-12(16)10-18-15(21)11-4-3-8-20-9-7-17-14(11)20/h3-4,7-9,13H,2,5-6,10H2,1H3,(H,18,21). The van der Waals surface area contributed by atoms with Crippen LogP contribution in [0.3, 0.4) is 0 Å². The fourth-order valence-corrected chi connectivity index (χ4v) is 3.48. The van der Waals surface area contributed by atoms with Gasteiger partial charge in [-0.05, 0) is 31.4 Å². The van der Waals surface area contributed by atoms with Gasteiger partial charge in [0.25, 0.3) is 5.91 Å². The van der Waals surface area contributed by atoms with E-state index in [-0.39, 0.29) is 17.4 Å². The molecule has 1 N–H and O–H groups in total. The quantitative estimate of drug-likeness (QED) is 0.942. The van der Waals surface area contributed by atoms with E-state index in [1.807, 2.05) is 22.9 Å². The molecule has 2 aromatic heterocycles. The zero-order chi connectivity index (χ0) is 15.2. The van der Waals surface area contributed by atoms with Crippen molar-refractivity contribution in [2.75, 3.05) is 6.54 Å². The molecule has 1 aliphatic heterocycles. The molecule has 3 heterocycles. The molecule has 1 amide bonds. The number of nitrogens with one attached hydrogen (secondary N) is 1. The molecule has 0 aromatic carbocycles. The zero-order valence-corrected chi connectivity index (χ0v) is 12.5. The van der Waals surface area contributed by atoms with Crippen LogP contribution >= 0.6 is 0 Å². The van der Waals surface area contributed by atoms with Gasteiger partial charge in [-0.3, -0.25) is 4.79 Å². The number of fused-ring (bicyclic) bond motifs is 2. The average molecular weight is 298 g/mol. The summed E-state index contributed by atoms with van der Waals surface area (Å²) in [6.07, 6.45) is 8.83. The molecule has 2 aromatic rings. The zero-order valence-electron chi connectivity index (χ0n) is 12.5. The molecule has 1 aliphatic carbocycles. The van der Waals surface area contributed by atoms with E-state index in [9.17, 15) is 4.79 Å². The summed E-state index contributed by atoms with van der Waals surface area (Å²) in [5.74, 6) is -0.135. The van der Waals surface area contributed by atoms with Gasteiger partial charge in [-0.2, -0.15) is 0 Å². The van der Waals surface area contributed by atoms with Crippen molar-refractivity contribution in [3.8, 4) is 0 Å². The number of hydrogen-bond donors (Lipinski definition) is 1. The summed E-state index contributed by atoms with van der Waals surface area (Å²) in [5, 5.41) is 7.15. The van der Waals surface area contributed by atoms with Crippen molar-refractivity contribution in [1.82, 2.24) is 14.7 Å². The van der Waals surface area contributed by atoms with Gasteiger partial charge in [0.1, 0.15) is 11.8 Å². The molecule has 0 radical (unpaired) electrons. The minimum Gasteiger partial charge on any atom is -0.391 e. The fourth-order valence-electron chi connectivity index (χ4n) is 3.48. The minimum atomic E-state index is -0.135. The SMILES string of the molecule is CC12CCCC1ON=C2CNC(=O)c1cccn2ccnc12. The molecule has 6 heteroatoms. The van der Waals surface area contributed by atoms with Crippen LogP contribution in [0.25, 0.3) is 5.65 Å². The van der Waals surface area contributed by atoms with Crippen molar-refractivity contribution in [1.29, 1.82) is 0 Å². The smallest absolute Gasteiger partial charge is 0.255 e. The third kappa shape index (κ3) is 1.90. The van der Waals surface area contributed by atoms with E-state index < -0.39 is 0 Å². The van der Waals surface area contributed by atoms with Gasteiger partial charge in [-0.1, -0.05) is 12.1 Å². The maximum Gasteiger partial charge on any atom is 0.255 e. The Hall–Kier alpha value is -2.37. The summed E-state index contributed by atoms with van der Waals surface area (Å²) < 4.78 is 1.83. The van der Waals surface area contributed by atoms with Crippen LogP contribution in [0.4, 0.5) is 0 Å². The van der Waals surface area contributed by atoms with Crippen LogP contribution < -0.4 is 5.32 Å². The Morgan fingerprint density at radius 2 is 2.45 bits per heavy atom. The molecular formula is C16H18N4O2. The molecule has 1 fully saturated rings. The van der Waals surface area contributed by atoms with E-state index in [2.05, 4.69) is 22.4 Å². The van der Waals surface area contributed by atoms with Crippen LogP contribution in [0.15, 0.2) is 35.9 Å². The Labute approximate surface area is 128 Å². The molecule has 114 valence electrons. The van der Waals surface area contributed by atoms with E-state index in [4.69, 9.17) is 4.84 Å². The summed E-state index contributed by atoms with van der Waals surface area (Å²) in [4.78, 5) is 22.2. The molecule has 0 bridgehead atoms. The lowest BCUT2D eigenvalue weighted by atomic mass is 9.82. The van der Waals surface area contributed by atoms with Crippen molar-refractivity contribution in [3.05, 3.63) is 36.3 Å². The summed E-state index contributed by atoms with van der Waals surface area (Å²) in [5.41, 5.74) is 2.15. The van der Waals surface area contributed by atoms with E-state index in [1.165, 1.54) is 0 Å². The summed E-state index contributed by atoms with van der Waals surface area (Å²) in [6.45, 7) is 2.60. The number of rotatable bonds is 3. The van der Waals surface area contributed by atoms with Crippen molar-refractivity contribution in [2.24, 2.45) is 10.6 Å². The van der Waals surface area contributed by atoms with Crippen LogP contribution in [0.2, 0.25) is 0 Å². The second-order valence-corrected chi connectivity index (χ2v) is 6.20. The maximum absolute atomic E-state index is 12.4. The van der Waals surface area contributed by atoms with E-state index >= 15 is 0 Å². The van der Waals surface area contributed by atoms with Crippen molar-refractivity contribution < 1.29 is 9.63 Å². The van der Waals surface area contributed by atoms with Crippen LogP contribution in [0.1, 0.15) is 36.5 Å². The molecule has 0 saturated heterocycles. The lowest BCUT2D eigenvalue weighted by molar-refractivity contribution is 0.0484. The predicted octanol–water partition coefficient (Wildman–Crippen LogP) is 2.01. The van der Waals surface area contributed by atoms with Gasteiger partial charge in [0.05, 0.1) is 23.2 Å². The first-order valence-corrected chi connectivity index (χ1v) is 7.61. The Kier molecular flexibility index (Phi) is 2.92. The predicted molar refractivity (Wildman–Crippen MR) is 81.8 cm³/mol. The number of hydrogen-bond acceptors (Lipinski definition) is 4. The molecule has 2 atom stereocenters. The van der Waals surface area contributed by atoms with E-state index in [1.54, 1.807) is 12.3 Å². The highest BCUT2D eigenvalue weighted by atomic mass is 16.6. The number of carbonyl (C=O) groups is 1. The molecule has 2 aliphatic rings. The number of imidazole rings is 1. The van der Waals surface area contributed by atoms with Gasteiger partial charge in [-0.25, -0.2) is 4.98 Å². The highest BCUT2D eigenvalue weighted by Gasteiger charge is 2.48. The van der Waals surface area contributed by atoms with Crippen molar-refractivity contribution in [2.45, 2.75) is 32.3 Å². The largest absolute Gasteiger partial charge is 0.391 e. The van der Waals surface area contributed by atoms with Gasteiger partial charge in [-0.15, -0.1) is 0 Å². The molecular weight excluding hydrogens is 280 g/mol. The van der Waals surface area contributed by atoms with Gasteiger partial charge in [0, 0.05) is 18.6 Å². The number of nitrogens with zero attached hydrogens (tertiary/aromatic N) is 3. The first-order chi connectivity index (χ1) is 10.7. The number of amides is 1. The van der Waals surface area contributed by atoms with Crippen molar-refractivity contribution >= 4 is 17.3 Å². The highest BCUT2D eigenvalue weighted by molar-refractivity contribution is 6.03. The van der Waals surface area contributed by atoms with Gasteiger partial charge < -0.3 is 14.6 Å². The molecule has 4 rings (SSSR count). The summed E-state index contributed by atoms with van der Waals surface area (Å²) >= 11 is 0. The second-order valence-electron chi connectivity index (χ2n) is 6.20. The first-order valence-electron chi connectivity index (χ1n) is 7.61.